The number of rotatable bonds is 3. The van der Waals surface area contributed by atoms with Crippen molar-refractivity contribution in [2.45, 2.75) is 27.7 Å². The van der Waals surface area contributed by atoms with Gasteiger partial charge in [0.15, 0.2) is 46.5 Å². The van der Waals surface area contributed by atoms with E-state index in [0.29, 0.717) is 0 Å². The molecule has 28 heavy (non-hydrogen) atoms. The molecule has 0 saturated heterocycles. The molecular weight excluding hydrogens is 392 g/mol. The zero-order valence-corrected chi connectivity index (χ0v) is 15.2. The van der Waals surface area contributed by atoms with Gasteiger partial charge in [0.25, 0.3) is 0 Å². The molecule has 0 fully saturated rings. The van der Waals surface area contributed by atoms with Crippen LogP contribution in [0, 0.1) is 46.5 Å². The lowest BCUT2D eigenvalue weighted by atomic mass is 9.96. The standard InChI is InChI=1S/C20H14F8/c1-7(2)5-9-13(21)17(25)11(18(26)14(9)22)12-19(27)15(23)10(6-8(3)4)16(24)20(12)28/h5-6H,1-4H3. The lowest BCUT2D eigenvalue weighted by molar-refractivity contribution is 0.439. The molecule has 0 heterocycles. The first kappa shape index (κ1) is 21.7. The Morgan fingerprint density at radius 3 is 0.821 bits per heavy atom. The van der Waals surface area contributed by atoms with Crippen LogP contribution >= 0.6 is 0 Å². The Balaban J connectivity index is 2.99. The average molecular weight is 406 g/mol. The Hall–Kier alpha value is -2.64. The molecule has 0 amide bonds. The van der Waals surface area contributed by atoms with Crippen molar-refractivity contribution in [1.82, 2.24) is 0 Å². The van der Waals surface area contributed by atoms with Crippen LogP contribution in [0.2, 0.25) is 0 Å². The first-order valence-corrected chi connectivity index (χ1v) is 7.92. The second kappa shape index (κ2) is 7.77. The monoisotopic (exact) mass is 406 g/mol. The van der Waals surface area contributed by atoms with Crippen molar-refractivity contribution in [3.05, 3.63) is 68.8 Å². The normalized spacial score (nSPS) is 10.9. The molecule has 0 aliphatic rings. The van der Waals surface area contributed by atoms with Gasteiger partial charge in [-0.25, -0.2) is 35.1 Å². The Labute approximate surface area is 155 Å². The van der Waals surface area contributed by atoms with Crippen LogP contribution in [0.3, 0.4) is 0 Å². The summed E-state index contributed by atoms with van der Waals surface area (Å²) in [4.78, 5) is 0. The van der Waals surface area contributed by atoms with Gasteiger partial charge >= 0.3 is 0 Å². The fourth-order valence-corrected chi connectivity index (χ4v) is 2.57. The van der Waals surface area contributed by atoms with Gasteiger partial charge in [-0.1, -0.05) is 23.3 Å². The van der Waals surface area contributed by atoms with E-state index >= 15 is 0 Å². The van der Waals surface area contributed by atoms with Crippen LogP contribution in [0.25, 0.3) is 23.3 Å². The van der Waals surface area contributed by atoms with E-state index in [1.807, 2.05) is 0 Å². The summed E-state index contributed by atoms with van der Waals surface area (Å²) in [5.74, 6) is -16.6. The highest BCUT2D eigenvalue weighted by Crippen LogP contribution is 2.38. The summed E-state index contributed by atoms with van der Waals surface area (Å²) in [5.41, 5.74) is -5.46. The summed E-state index contributed by atoms with van der Waals surface area (Å²) in [6, 6.07) is 0. The summed E-state index contributed by atoms with van der Waals surface area (Å²) >= 11 is 0. The highest BCUT2D eigenvalue weighted by molar-refractivity contribution is 5.72. The topological polar surface area (TPSA) is 0 Å². The third-order valence-corrected chi connectivity index (χ3v) is 3.71. The number of hydrogen-bond donors (Lipinski definition) is 0. The van der Waals surface area contributed by atoms with E-state index in [1.165, 1.54) is 27.7 Å². The van der Waals surface area contributed by atoms with E-state index in [2.05, 4.69) is 0 Å². The Morgan fingerprint density at radius 1 is 0.429 bits per heavy atom. The van der Waals surface area contributed by atoms with Crippen molar-refractivity contribution in [3.63, 3.8) is 0 Å². The van der Waals surface area contributed by atoms with Gasteiger partial charge < -0.3 is 0 Å². The molecule has 0 spiro atoms. The van der Waals surface area contributed by atoms with E-state index in [-0.39, 0.29) is 11.1 Å². The van der Waals surface area contributed by atoms with Crippen LogP contribution in [0.5, 0.6) is 0 Å². The van der Waals surface area contributed by atoms with E-state index in [4.69, 9.17) is 0 Å². The SMILES string of the molecule is CC(C)=Cc1c(F)c(F)c(-c2c(F)c(F)c(C=C(C)C)c(F)c2F)c(F)c1F. The minimum atomic E-state index is -2.18. The zero-order chi connectivity index (χ0) is 21.5. The molecule has 0 N–H and O–H groups in total. The van der Waals surface area contributed by atoms with Crippen molar-refractivity contribution in [2.75, 3.05) is 0 Å². The van der Waals surface area contributed by atoms with Crippen LogP contribution in [0.1, 0.15) is 38.8 Å². The summed E-state index contributed by atoms with van der Waals surface area (Å²) in [6.45, 7) is 5.53. The molecule has 0 aromatic heterocycles. The maximum atomic E-state index is 14.4. The highest BCUT2D eigenvalue weighted by atomic mass is 19.2. The molecule has 2 rings (SSSR count). The third kappa shape index (κ3) is 3.55. The predicted molar refractivity (Wildman–Crippen MR) is 90.2 cm³/mol. The highest BCUT2D eigenvalue weighted by Gasteiger charge is 2.33. The van der Waals surface area contributed by atoms with Gasteiger partial charge in [-0.05, 0) is 27.7 Å². The lowest BCUT2D eigenvalue weighted by Gasteiger charge is -2.14. The van der Waals surface area contributed by atoms with Gasteiger partial charge in [0.05, 0.1) is 22.3 Å². The van der Waals surface area contributed by atoms with Crippen molar-refractivity contribution in [3.8, 4) is 11.1 Å². The largest absolute Gasteiger partial charge is 0.203 e. The van der Waals surface area contributed by atoms with Gasteiger partial charge in [-0.3, -0.25) is 0 Å². The molecular formula is C20H14F8. The molecule has 0 nitrogen and oxygen atoms in total. The molecule has 0 saturated carbocycles. The first-order valence-electron chi connectivity index (χ1n) is 7.92. The zero-order valence-electron chi connectivity index (χ0n) is 15.2. The summed E-state index contributed by atoms with van der Waals surface area (Å²) in [7, 11) is 0. The van der Waals surface area contributed by atoms with Crippen LogP contribution in [0.15, 0.2) is 11.1 Å². The lowest BCUT2D eigenvalue weighted by Crippen LogP contribution is -2.09. The quantitative estimate of drug-likeness (QED) is 0.370. The van der Waals surface area contributed by atoms with Gasteiger partial charge in [-0.15, -0.1) is 0 Å². The second-order valence-corrected chi connectivity index (χ2v) is 6.53. The van der Waals surface area contributed by atoms with Gasteiger partial charge in [-0.2, -0.15) is 0 Å². The van der Waals surface area contributed by atoms with Crippen molar-refractivity contribution in [1.29, 1.82) is 0 Å². The Bertz CT molecular complexity index is 882. The fourth-order valence-electron chi connectivity index (χ4n) is 2.57. The molecule has 8 heteroatoms. The van der Waals surface area contributed by atoms with Crippen LogP contribution in [-0.2, 0) is 0 Å². The number of benzene rings is 2. The maximum Gasteiger partial charge on any atom is 0.170 e. The minimum Gasteiger partial charge on any atom is -0.203 e. The van der Waals surface area contributed by atoms with E-state index in [0.717, 1.165) is 12.2 Å². The first-order chi connectivity index (χ1) is 12.9. The number of hydrogen-bond acceptors (Lipinski definition) is 0. The molecule has 150 valence electrons. The molecule has 0 unspecified atom stereocenters. The Kier molecular flexibility index (Phi) is 6.01. The van der Waals surface area contributed by atoms with Gasteiger partial charge in [0.2, 0.25) is 0 Å². The molecule has 0 bridgehead atoms. The Morgan fingerprint density at radius 2 is 0.643 bits per heavy atom. The van der Waals surface area contributed by atoms with Crippen molar-refractivity contribution >= 4 is 12.2 Å². The van der Waals surface area contributed by atoms with Gasteiger partial charge in [0, 0.05) is 0 Å². The van der Waals surface area contributed by atoms with Crippen molar-refractivity contribution in [2.24, 2.45) is 0 Å². The second-order valence-electron chi connectivity index (χ2n) is 6.53. The molecule has 0 radical (unpaired) electrons. The van der Waals surface area contributed by atoms with E-state index < -0.39 is 68.8 Å². The maximum absolute atomic E-state index is 14.4. The summed E-state index contributed by atoms with van der Waals surface area (Å²) in [5, 5.41) is 0. The molecule has 0 atom stereocenters. The smallest absolute Gasteiger partial charge is 0.170 e. The van der Waals surface area contributed by atoms with Crippen molar-refractivity contribution < 1.29 is 35.1 Å². The summed E-state index contributed by atoms with van der Waals surface area (Å²) < 4.78 is 114. The van der Waals surface area contributed by atoms with Crippen LogP contribution in [-0.4, -0.2) is 0 Å². The molecule has 2 aromatic carbocycles. The third-order valence-electron chi connectivity index (χ3n) is 3.71. The van der Waals surface area contributed by atoms with Crippen LogP contribution in [0.4, 0.5) is 35.1 Å². The molecule has 0 aliphatic carbocycles. The predicted octanol–water partition coefficient (Wildman–Crippen LogP) is 7.31. The van der Waals surface area contributed by atoms with E-state index in [1.54, 1.807) is 0 Å². The van der Waals surface area contributed by atoms with E-state index in [9.17, 15) is 35.1 Å². The number of allylic oxidation sites excluding steroid dienone is 2. The average Bonchev–Trinajstić information content (AvgIpc) is 2.61. The molecule has 0 aliphatic heterocycles. The number of halogens is 8. The minimum absolute atomic E-state index is 0.268. The van der Waals surface area contributed by atoms with Gasteiger partial charge in [0.1, 0.15) is 0 Å². The molecule has 2 aromatic rings. The summed E-state index contributed by atoms with van der Waals surface area (Å²) in [6.07, 6.45) is 1.54. The van der Waals surface area contributed by atoms with Crippen LogP contribution < -0.4 is 0 Å². The fraction of sp³-hybridized carbons (Fsp3) is 0.200.